The summed E-state index contributed by atoms with van der Waals surface area (Å²) in [4.78, 5) is 28.8. The van der Waals surface area contributed by atoms with Crippen LogP contribution in [0.4, 0.5) is 9.59 Å². The van der Waals surface area contributed by atoms with Crippen molar-refractivity contribution in [2.45, 2.75) is 13.8 Å². The van der Waals surface area contributed by atoms with Gasteiger partial charge < -0.3 is 19.0 Å². The molecule has 0 aromatic rings. The van der Waals surface area contributed by atoms with Gasteiger partial charge in [-0.15, -0.1) is 0 Å². The molecule has 0 aliphatic heterocycles. The minimum absolute atomic E-state index is 0.165. The first-order valence-electron chi connectivity index (χ1n) is 3.50. The van der Waals surface area contributed by atoms with Gasteiger partial charge in [-0.1, -0.05) is 0 Å². The second-order valence-corrected chi connectivity index (χ2v) is 1.47. The summed E-state index contributed by atoms with van der Waals surface area (Å²) >= 11 is 0. The molecule has 0 fully saturated rings. The van der Waals surface area contributed by atoms with Crippen LogP contribution in [0.5, 0.6) is 0 Å². The zero-order valence-electron chi connectivity index (χ0n) is 7.57. The van der Waals surface area contributed by atoms with E-state index in [0.29, 0.717) is 0 Å². The van der Waals surface area contributed by atoms with E-state index in [1.807, 2.05) is 6.79 Å². The fourth-order valence-electron chi connectivity index (χ4n) is 0.363. The zero-order valence-corrected chi connectivity index (χ0v) is 7.57. The van der Waals surface area contributed by atoms with E-state index in [1.165, 1.54) is 0 Å². The van der Waals surface area contributed by atoms with Crippen molar-refractivity contribution in [3.8, 4) is 0 Å². The van der Waals surface area contributed by atoms with Crippen molar-refractivity contribution in [1.82, 2.24) is 0 Å². The van der Waals surface area contributed by atoms with E-state index in [-0.39, 0.29) is 13.2 Å². The molecule has 0 saturated carbocycles. The van der Waals surface area contributed by atoms with Gasteiger partial charge in [0.15, 0.2) is 0 Å². The highest BCUT2D eigenvalue weighted by Crippen LogP contribution is 1.89. The second-order valence-electron chi connectivity index (χ2n) is 1.47. The van der Waals surface area contributed by atoms with Crippen LogP contribution in [0.1, 0.15) is 13.8 Å². The Morgan fingerprint density at radius 3 is 1.54 bits per heavy atom. The lowest BCUT2D eigenvalue weighted by molar-refractivity contribution is -0.0980. The van der Waals surface area contributed by atoms with Crippen molar-refractivity contribution in [2.24, 2.45) is 0 Å². The zero-order chi connectivity index (χ0) is 10.7. The van der Waals surface area contributed by atoms with E-state index in [4.69, 9.17) is 4.79 Å². The Morgan fingerprint density at radius 1 is 1.00 bits per heavy atom. The van der Waals surface area contributed by atoms with Gasteiger partial charge in [-0.25, -0.2) is 9.59 Å². The largest absolute Gasteiger partial charge is 0.518 e. The number of hydrogen-bond donors (Lipinski definition) is 0. The van der Waals surface area contributed by atoms with Gasteiger partial charge in [0.05, 0.1) is 13.2 Å². The first kappa shape index (κ1) is 14.0. The van der Waals surface area contributed by atoms with E-state index in [1.54, 1.807) is 13.8 Å². The molecule has 0 aliphatic rings. The lowest BCUT2D eigenvalue weighted by Gasteiger charge is -2.01. The van der Waals surface area contributed by atoms with Crippen molar-refractivity contribution >= 4 is 19.1 Å². The van der Waals surface area contributed by atoms with Gasteiger partial charge in [0.1, 0.15) is 6.79 Å². The Morgan fingerprint density at radius 2 is 1.31 bits per heavy atom. The van der Waals surface area contributed by atoms with Gasteiger partial charge in [-0.2, -0.15) is 0 Å². The standard InChI is InChI=1S/C6H10O5.CH2O/c1-3-9-5(7)11-6(8)10-4-2;1-2/h3-4H2,1-2H3;1H2. The quantitative estimate of drug-likeness (QED) is 0.482. The number of carbonyl (C=O) groups excluding carboxylic acids is 3. The molecule has 0 spiro atoms. The van der Waals surface area contributed by atoms with Crippen LogP contribution in [0.2, 0.25) is 0 Å². The predicted octanol–water partition coefficient (Wildman–Crippen LogP) is 1.13. The van der Waals surface area contributed by atoms with Crippen LogP contribution >= 0.6 is 0 Å². The van der Waals surface area contributed by atoms with Crippen LogP contribution < -0.4 is 0 Å². The molecule has 6 heteroatoms. The monoisotopic (exact) mass is 192 g/mol. The van der Waals surface area contributed by atoms with E-state index in [0.717, 1.165) is 0 Å². The first-order valence-corrected chi connectivity index (χ1v) is 3.50. The third kappa shape index (κ3) is 10.4. The lowest BCUT2D eigenvalue weighted by atomic mass is 10.9. The first-order chi connectivity index (χ1) is 6.20. The molecule has 76 valence electrons. The summed E-state index contributed by atoms with van der Waals surface area (Å²) in [5, 5.41) is 0. The molecule has 0 bridgehead atoms. The summed E-state index contributed by atoms with van der Waals surface area (Å²) in [6.07, 6.45) is -2.07. The number of carbonyl (C=O) groups is 3. The molecule has 0 radical (unpaired) electrons. The Hall–Kier alpha value is -1.59. The number of ether oxygens (including phenoxy) is 3. The molecular formula is C7H12O6. The van der Waals surface area contributed by atoms with Gasteiger partial charge in [0.25, 0.3) is 0 Å². The van der Waals surface area contributed by atoms with Crippen LogP contribution in [0.3, 0.4) is 0 Å². The predicted molar refractivity (Wildman–Crippen MR) is 42.3 cm³/mol. The summed E-state index contributed by atoms with van der Waals surface area (Å²) in [6, 6.07) is 0. The normalized spacial score (nSPS) is 7.54. The van der Waals surface area contributed by atoms with Crippen LogP contribution in [0.15, 0.2) is 0 Å². The van der Waals surface area contributed by atoms with E-state index in [2.05, 4.69) is 14.2 Å². The Balaban J connectivity index is 0. The van der Waals surface area contributed by atoms with Crippen molar-refractivity contribution in [2.75, 3.05) is 13.2 Å². The summed E-state index contributed by atoms with van der Waals surface area (Å²) in [5.74, 6) is 0. The lowest BCUT2D eigenvalue weighted by Crippen LogP contribution is -2.14. The summed E-state index contributed by atoms with van der Waals surface area (Å²) in [7, 11) is 0. The molecule has 0 unspecified atom stereocenters. The highest BCUT2D eigenvalue weighted by atomic mass is 16.8. The third-order valence-corrected chi connectivity index (χ3v) is 0.691. The fourth-order valence-corrected chi connectivity index (χ4v) is 0.363. The maximum absolute atomic E-state index is 10.4. The molecule has 0 aliphatic carbocycles. The van der Waals surface area contributed by atoms with Gasteiger partial charge in [-0.05, 0) is 13.8 Å². The fraction of sp³-hybridized carbons (Fsp3) is 0.571. The molecule has 0 amide bonds. The molecule has 0 N–H and O–H groups in total. The van der Waals surface area contributed by atoms with Gasteiger partial charge >= 0.3 is 12.3 Å². The van der Waals surface area contributed by atoms with E-state index in [9.17, 15) is 9.59 Å². The van der Waals surface area contributed by atoms with Crippen molar-refractivity contribution in [1.29, 1.82) is 0 Å². The molecule has 0 saturated heterocycles. The van der Waals surface area contributed by atoms with Gasteiger partial charge in [0, 0.05) is 0 Å². The van der Waals surface area contributed by atoms with Crippen LogP contribution in [-0.2, 0) is 19.0 Å². The highest BCUT2D eigenvalue weighted by molar-refractivity contribution is 5.76. The third-order valence-electron chi connectivity index (χ3n) is 0.691. The van der Waals surface area contributed by atoms with E-state index < -0.39 is 12.3 Å². The minimum Gasteiger partial charge on any atom is -0.434 e. The van der Waals surface area contributed by atoms with Crippen molar-refractivity contribution in [3.63, 3.8) is 0 Å². The molecule has 13 heavy (non-hydrogen) atoms. The average molecular weight is 192 g/mol. The average Bonchev–Trinajstić information content (AvgIpc) is 2.08. The highest BCUT2D eigenvalue weighted by Gasteiger charge is 2.10. The number of rotatable bonds is 2. The van der Waals surface area contributed by atoms with Gasteiger partial charge in [0.2, 0.25) is 0 Å². The summed E-state index contributed by atoms with van der Waals surface area (Å²) < 4.78 is 12.6. The summed E-state index contributed by atoms with van der Waals surface area (Å²) in [5.41, 5.74) is 0. The molecule has 0 aromatic carbocycles. The number of hydrogen-bond acceptors (Lipinski definition) is 6. The Kier molecular flexibility index (Phi) is 11.2. The molecule has 0 rings (SSSR count). The molecule has 6 nitrogen and oxygen atoms in total. The molecule has 0 heterocycles. The topological polar surface area (TPSA) is 78.9 Å². The Labute approximate surface area is 75.8 Å². The smallest absolute Gasteiger partial charge is 0.434 e. The SMILES string of the molecule is C=O.CCOC(=O)OC(=O)OCC. The minimum atomic E-state index is -1.04. The second kappa shape index (κ2) is 10.4. The maximum Gasteiger partial charge on any atom is 0.518 e. The molecule has 0 aromatic heterocycles. The van der Waals surface area contributed by atoms with Gasteiger partial charge in [-0.3, -0.25) is 0 Å². The molecule has 0 atom stereocenters. The van der Waals surface area contributed by atoms with E-state index >= 15 is 0 Å². The summed E-state index contributed by atoms with van der Waals surface area (Å²) in [6.45, 7) is 5.54. The van der Waals surface area contributed by atoms with Crippen molar-refractivity contribution in [3.05, 3.63) is 0 Å². The molecular weight excluding hydrogens is 180 g/mol. The van der Waals surface area contributed by atoms with Crippen molar-refractivity contribution < 1.29 is 28.6 Å². The Bertz CT molecular complexity index is 139. The van der Waals surface area contributed by atoms with Crippen LogP contribution in [0.25, 0.3) is 0 Å². The maximum atomic E-state index is 10.4. The van der Waals surface area contributed by atoms with Crippen LogP contribution in [-0.4, -0.2) is 32.3 Å². The van der Waals surface area contributed by atoms with Crippen LogP contribution in [0, 0.1) is 0 Å².